The average Bonchev–Trinajstić information content (AvgIpc) is 2.75. The Balaban J connectivity index is 1.95. The summed E-state index contributed by atoms with van der Waals surface area (Å²) in [7, 11) is 0. The molecule has 0 radical (unpaired) electrons. The van der Waals surface area contributed by atoms with Crippen LogP contribution in [0, 0.1) is 22.7 Å². The van der Waals surface area contributed by atoms with Crippen molar-refractivity contribution in [2.75, 3.05) is 0 Å². The van der Waals surface area contributed by atoms with Gasteiger partial charge in [0.25, 0.3) is 0 Å². The fourth-order valence-corrected chi connectivity index (χ4v) is 4.84. The molecule has 1 heterocycles. The molecule has 1 aliphatic heterocycles. The predicted octanol–water partition coefficient (Wildman–Crippen LogP) is 7.14. The molecule has 0 aliphatic carbocycles. The summed E-state index contributed by atoms with van der Waals surface area (Å²) in [6.07, 6.45) is 15.2. The van der Waals surface area contributed by atoms with E-state index in [1.807, 2.05) is 25.1 Å². The average molecular weight is 394 g/mol. The van der Waals surface area contributed by atoms with Crippen molar-refractivity contribution in [3.8, 4) is 12.1 Å². The third-order valence-corrected chi connectivity index (χ3v) is 6.69. The Hall–Kier alpha value is -1.84. The summed E-state index contributed by atoms with van der Waals surface area (Å²) < 4.78 is 0. The maximum atomic E-state index is 10.2. The zero-order chi connectivity index (χ0) is 21.0. The van der Waals surface area contributed by atoms with Crippen LogP contribution >= 0.6 is 0 Å². The highest BCUT2D eigenvalue weighted by Gasteiger charge is 2.49. The van der Waals surface area contributed by atoms with E-state index in [4.69, 9.17) is 0 Å². The molecule has 1 aliphatic rings. The second-order valence-corrected chi connectivity index (χ2v) is 9.03. The van der Waals surface area contributed by atoms with Crippen molar-refractivity contribution >= 4 is 0 Å². The first-order valence-electron chi connectivity index (χ1n) is 11.7. The van der Waals surface area contributed by atoms with Gasteiger partial charge in [-0.3, -0.25) is 4.90 Å². The molecular formula is C26H39N3. The highest BCUT2D eigenvalue weighted by Crippen LogP contribution is 2.42. The second kappa shape index (κ2) is 12.0. The van der Waals surface area contributed by atoms with Gasteiger partial charge in [-0.05, 0) is 38.2 Å². The molecule has 1 aromatic carbocycles. The minimum absolute atomic E-state index is 0.514. The lowest BCUT2D eigenvalue weighted by molar-refractivity contribution is -0.00825. The summed E-state index contributed by atoms with van der Waals surface area (Å²) in [5.41, 5.74) is 0.102. The summed E-state index contributed by atoms with van der Waals surface area (Å²) >= 11 is 0. The quantitative estimate of drug-likeness (QED) is 0.355. The van der Waals surface area contributed by atoms with Gasteiger partial charge in [-0.25, -0.2) is 0 Å². The van der Waals surface area contributed by atoms with Gasteiger partial charge >= 0.3 is 0 Å². The van der Waals surface area contributed by atoms with Crippen molar-refractivity contribution < 1.29 is 0 Å². The van der Waals surface area contributed by atoms with Crippen LogP contribution in [0.4, 0.5) is 0 Å². The Morgan fingerprint density at radius 1 is 0.862 bits per heavy atom. The Bertz CT molecular complexity index is 671. The summed E-state index contributed by atoms with van der Waals surface area (Å²) in [4.78, 5) is 2.23. The van der Waals surface area contributed by atoms with E-state index in [0.29, 0.717) is 6.54 Å². The van der Waals surface area contributed by atoms with Crippen LogP contribution in [-0.2, 0) is 6.54 Å². The number of nitriles is 2. The zero-order valence-corrected chi connectivity index (χ0v) is 18.6. The molecule has 0 aromatic heterocycles. The molecule has 1 fully saturated rings. The molecule has 2 unspecified atom stereocenters. The molecule has 0 amide bonds. The minimum Gasteiger partial charge on any atom is -0.263 e. The summed E-state index contributed by atoms with van der Waals surface area (Å²) in [5.74, 6) is 0. The van der Waals surface area contributed by atoms with Crippen LogP contribution in [0.25, 0.3) is 0 Å². The van der Waals surface area contributed by atoms with E-state index in [0.717, 1.165) is 32.1 Å². The van der Waals surface area contributed by atoms with Gasteiger partial charge in [-0.1, -0.05) is 95.0 Å². The third-order valence-electron chi connectivity index (χ3n) is 6.69. The molecule has 158 valence electrons. The normalized spacial score (nSPS) is 24.7. The molecule has 2 atom stereocenters. The van der Waals surface area contributed by atoms with E-state index in [-0.39, 0.29) is 0 Å². The summed E-state index contributed by atoms with van der Waals surface area (Å²) in [5, 5.41) is 20.2. The Morgan fingerprint density at radius 2 is 1.48 bits per heavy atom. The number of hydrogen-bond donors (Lipinski definition) is 0. The van der Waals surface area contributed by atoms with Crippen LogP contribution in [0.5, 0.6) is 0 Å². The number of hydrogen-bond acceptors (Lipinski definition) is 3. The standard InChI is InChI=1S/C26H39N3/c1-3-4-5-6-7-8-9-10-14-19-26(23-28)20-15-18-25(2,22-27)29(26)21-24-16-12-11-13-17-24/h11-13,16-17H,3-10,14-15,18-21H2,1-2H3. The van der Waals surface area contributed by atoms with Gasteiger partial charge in [-0.2, -0.15) is 10.5 Å². The first-order chi connectivity index (χ1) is 14.1. The maximum Gasteiger partial charge on any atom is 0.110 e. The molecule has 1 saturated heterocycles. The molecule has 29 heavy (non-hydrogen) atoms. The van der Waals surface area contributed by atoms with E-state index >= 15 is 0 Å². The zero-order valence-electron chi connectivity index (χ0n) is 18.6. The largest absolute Gasteiger partial charge is 0.263 e. The molecule has 1 aromatic rings. The number of benzene rings is 1. The van der Waals surface area contributed by atoms with Gasteiger partial charge in [0.2, 0.25) is 0 Å². The first kappa shape index (κ1) is 23.4. The number of likely N-dealkylation sites (tertiary alicyclic amines) is 1. The van der Waals surface area contributed by atoms with Crippen molar-refractivity contribution in [2.45, 2.75) is 115 Å². The Morgan fingerprint density at radius 3 is 2.07 bits per heavy atom. The third kappa shape index (κ3) is 6.58. The minimum atomic E-state index is -0.566. The van der Waals surface area contributed by atoms with Crippen LogP contribution in [0.3, 0.4) is 0 Å². The Kier molecular flexibility index (Phi) is 9.69. The van der Waals surface area contributed by atoms with Crippen LogP contribution in [0.2, 0.25) is 0 Å². The molecule has 2 rings (SSSR count). The van der Waals surface area contributed by atoms with Gasteiger partial charge in [0.1, 0.15) is 11.1 Å². The van der Waals surface area contributed by atoms with Crippen molar-refractivity contribution in [1.82, 2.24) is 4.90 Å². The molecule has 0 saturated carbocycles. The number of nitrogens with zero attached hydrogens (tertiary/aromatic N) is 3. The second-order valence-electron chi connectivity index (χ2n) is 9.03. The van der Waals surface area contributed by atoms with E-state index in [2.05, 4.69) is 36.1 Å². The lowest BCUT2D eigenvalue weighted by Gasteiger charge is -2.50. The fourth-order valence-electron chi connectivity index (χ4n) is 4.84. The fraction of sp³-hybridized carbons (Fsp3) is 0.692. The van der Waals surface area contributed by atoms with Crippen molar-refractivity contribution in [3.63, 3.8) is 0 Å². The topological polar surface area (TPSA) is 50.8 Å². The van der Waals surface area contributed by atoms with Crippen molar-refractivity contribution in [3.05, 3.63) is 35.9 Å². The maximum absolute atomic E-state index is 10.2. The predicted molar refractivity (Wildman–Crippen MR) is 120 cm³/mol. The van der Waals surface area contributed by atoms with Crippen LogP contribution < -0.4 is 0 Å². The highest BCUT2D eigenvalue weighted by atomic mass is 15.3. The van der Waals surface area contributed by atoms with E-state index in [9.17, 15) is 10.5 Å². The molecule has 0 bridgehead atoms. The van der Waals surface area contributed by atoms with Gasteiger partial charge in [0.15, 0.2) is 0 Å². The monoisotopic (exact) mass is 393 g/mol. The van der Waals surface area contributed by atoms with Crippen molar-refractivity contribution in [2.24, 2.45) is 0 Å². The number of rotatable bonds is 12. The number of unbranched alkanes of at least 4 members (excludes halogenated alkanes) is 8. The lowest BCUT2D eigenvalue weighted by atomic mass is 9.75. The number of piperidine rings is 1. The lowest BCUT2D eigenvalue weighted by Crippen LogP contribution is -2.60. The molecule has 3 nitrogen and oxygen atoms in total. The summed E-state index contributed by atoms with van der Waals surface area (Å²) in [6, 6.07) is 15.5. The van der Waals surface area contributed by atoms with Gasteiger partial charge in [0, 0.05) is 6.54 Å². The van der Waals surface area contributed by atoms with Gasteiger partial charge in [-0.15, -0.1) is 0 Å². The van der Waals surface area contributed by atoms with E-state index in [1.54, 1.807) is 0 Å². The molecule has 0 N–H and O–H groups in total. The van der Waals surface area contributed by atoms with Crippen LogP contribution in [0.1, 0.15) is 103 Å². The van der Waals surface area contributed by atoms with Gasteiger partial charge in [0.05, 0.1) is 12.1 Å². The highest BCUT2D eigenvalue weighted by molar-refractivity contribution is 5.23. The van der Waals surface area contributed by atoms with Gasteiger partial charge < -0.3 is 0 Å². The molecule has 0 spiro atoms. The Labute approximate surface area is 178 Å². The summed E-state index contributed by atoms with van der Waals surface area (Å²) in [6.45, 7) is 4.96. The molecular weight excluding hydrogens is 354 g/mol. The first-order valence-corrected chi connectivity index (χ1v) is 11.7. The van der Waals surface area contributed by atoms with E-state index < -0.39 is 11.1 Å². The SMILES string of the molecule is CCCCCCCCCCCC1(C#N)CCCC(C)(C#N)N1Cc1ccccc1. The molecule has 3 heteroatoms. The van der Waals surface area contributed by atoms with E-state index in [1.165, 1.54) is 56.9 Å². The smallest absolute Gasteiger partial charge is 0.110 e. The van der Waals surface area contributed by atoms with Crippen LogP contribution in [0.15, 0.2) is 30.3 Å². The van der Waals surface area contributed by atoms with Crippen LogP contribution in [-0.4, -0.2) is 16.0 Å². The van der Waals surface area contributed by atoms with Crippen molar-refractivity contribution in [1.29, 1.82) is 10.5 Å².